The quantitative estimate of drug-likeness (QED) is 0.821. The number of methoxy groups -OCH3 is 1. The third kappa shape index (κ3) is 5.37. The second-order valence-electron chi connectivity index (χ2n) is 7.88. The number of nitrogens with one attached hydrogen (secondary N) is 2. The Morgan fingerprint density at radius 1 is 1.32 bits per heavy atom. The van der Waals surface area contributed by atoms with Crippen molar-refractivity contribution in [3.63, 3.8) is 0 Å². The maximum absolute atomic E-state index is 12.6. The van der Waals surface area contributed by atoms with E-state index in [4.69, 9.17) is 9.47 Å². The minimum atomic E-state index is -0.784. The van der Waals surface area contributed by atoms with Crippen molar-refractivity contribution >= 4 is 23.6 Å². The van der Waals surface area contributed by atoms with Gasteiger partial charge in [-0.15, -0.1) is 0 Å². The van der Waals surface area contributed by atoms with E-state index in [2.05, 4.69) is 10.6 Å². The molecule has 1 aliphatic heterocycles. The highest BCUT2D eigenvalue weighted by molar-refractivity contribution is 5.99. The average Bonchev–Trinajstić information content (AvgIpc) is 2.77. The first-order chi connectivity index (χ1) is 13.0. The van der Waals surface area contributed by atoms with Gasteiger partial charge >= 0.3 is 6.09 Å². The molecule has 0 fully saturated rings. The van der Waals surface area contributed by atoms with Gasteiger partial charge in [0.2, 0.25) is 11.8 Å². The summed E-state index contributed by atoms with van der Waals surface area (Å²) in [6.07, 6.45) is 0.485. The number of benzene rings is 1. The van der Waals surface area contributed by atoms with Gasteiger partial charge in [0, 0.05) is 18.8 Å². The van der Waals surface area contributed by atoms with Crippen LogP contribution in [0.3, 0.4) is 0 Å². The summed E-state index contributed by atoms with van der Waals surface area (Å²) >= 11 is 0. The Morgan fingerprint density at radius 3 is 2.61 bits per heavy atom. The fourth-order valence-electron chi connectivity index (χ4n) is 2.77. The van der Waals surface area contributed by atoms with Gasteiger partial charge < -0.3 is 20.1 Å². The zero-order valence-corrected chi connectivity index (χ0v) is 17.3. The number of aryl methyl sites for hydroxylation is 1. The molecule has 0 unspecified atom stereocenters. The van der Waals surface area contributed by atoms with Crippen LogP contribution in [0.1, 0.15) is 39.7 Å². The van der Waals surface area contributed by atoms with Crippen molar-refractivity contribution in [2.45, 2.75) is 58.2 Å². The molecule has 0 aliphatic carbocycles. The minimum Gasteiger partial charge on any atom is -0.497 e. The molecular formula is C20H29N3O5. The van der Waals surface area contributed by atoms with Crippen LogP contribution in [0.4, 0.5) is 10.5 Å². The van der Waals surface area contributed by atoms with Crippen molar-refractivity contribution in [3.8, 4) is 5.75 Å². The third-order valence-corrected chi connectivity index (χ3v) is 4.55. The van der Waals surface area contributed by atoms with E-state index < -0.39 is 29.7 Å². The SMILES string of the molecule is COc1ccc2c(c1)NC(=O)[C@@H](NC(=O)[C@H](C)N(C)C(=O)OC(C)(C)C)CC2. The number of hydrogen-bond acceptors (Lipinski definition) is 5. The summed E-state index contributed by atoms with van der Waals surface area (Å²) in [6, 6.07) is 4.02. The average molecular weight is 391 g/mol. The first-order valence-electron chi connectivity index (χ1n) is 9.26. The van der Waals surface area contributed by atoms with E-state index >= 15 is 0 Å². The maximum Gasteiger partial charge on any atom is 0.410 e. The molecule has 1 aliphatic rings. The molecule has 1 aromatic rings. The lowest BCUT2D eigenvalue weighted by molar-refractivity contribution is -0.129. The number of fused-ring (bicyclic) bond motifs is 1. The third-order valence-electron chi connectivity index (χ3n) is 4.55. The van der Waals surface area contributed by atoms with Crippen LogP contribution in [-0.4, -0.2) is 54.6 Å². The van der Waals surface area contributed by atoms with Crippen LogP contribution >= 0.6 is 0 Å². The van der Waals surface area contributed by atoms with Gasteiger partial charge in [0.25, 0.3) is 0 Å². The van der Waals surface area contributed by atoms with E-state index in [1.165, 1.54) is 11.9 Å². The number of anilines is 1. The van der Waals surface area contributed by atoms with Crippen LogP contribution in [0.15, 0.2) is 18.2 Å². The second-order valence-corrected chi connectivity index (χ2v) is 7.88. The number of carbonyl (C=O) groups excluding carboxylic acids is 3. The fourth-order valence-corrected chi connectivity index (χ4v) is 2.77. The van der Waals surface area contributed by atoms with Gasteiger partial charge in [0.1, 0.15) is 23.4 Å². The summed E-state index contributed by atoms with van der Waals surface area (Å²) in [5.74, 6) is -0.0707. The molecule has 8 heteroatoms. The molecule has 0 radical (unpaired) electrons. The molecular weight excluding hydrogens is 362 g/mol. The molecule has 0 saturated heterocycles. The topological polar surface area (TPSA) is 97.0 Å². The van der Waals surface area contributed by atoms with Crippen molar-refractivity contribution in [1.29, 1.82) is 0 Å². The smallest absolute Gasteiger partial charge is 0.410 e. The molecule has 28 heavy (non-hydrogen) atoms. The Bertz CT molecular complexity index is 757. The summed E-state index contributed by atoms with van der Waals surface area (Å²) < 4.78 is 10.5. The number of rotatable bonds is 4. The fraction of sp³-hybridized carbons (Fsp3) is 0.550. The normalized spacial score (nSPS) is 17.5. The zero-order chi connectivity index (χ0) is 21.1. The van der Waals surface area contributed by atoms with Gasteiger partial charge in [-0.25, -0.2) is 4.79 Å². The van der Waals surface area contributed by atoms with Crippen LogP contribution < -0.4 is 15.4 Å². The summed E-state index contributed by atoms with van der Waals surface area (Å²) in [6.45, 7) is 6.86. The first-order valence-corrected chi connectivity index (χ1v) is 9.26. The predicted molar refractivity (Wildman–Crippen MR) is 105 cm³/mol. The van der Waals surface area contributed by atoms with E-state index in [1.54, 1.807) is 40.9 Å². The van der Waals surface area contributed by atoms with Gasteiger partial charge in [-0.2, -0.15) is 0 Å². The van der Waals surface area contributed by atoms with E-state index in [0.29, 0.717) is 24.3 Å². The Morgan fingerprint density at radius 2 is 2.00 bits per heavy atom. The Kier molecular flexibility index (Phi) is 6.53. The van der Waals surface area contributed by atoms with Gasteiger partial charge in [-0.3, -0.25) is 14.5 Å². The van der Waals surface area contributed by atoms with Crippen molar-refractivity contribution in [3.05, 3.63) is 23.8 Å². The molecule has 1 aromatic carbocycles. The Labute approximate surface area is 165 Å². The standard InChI is InChI=1S/C20H29N3O5/c1-12(23(5)19(26)28-20(2,3)4)17(24)21-15-10-8-13-7-9-14(27-6)11-16(13)22-18(15)25/h7,9,11-12,15H,8,10H2,1-6H3,(H,21,24)(H,22,25)/t12-,15-/m0/s1. The Balaban J connectivity index is 2.02. The number of nitrogens with zero attached hydrogens (tertiary/aromatic N) is 1. The van der Waals surface area contributed by atoms with Crippen LogP contribution in [0.5, 0.6) is 5.75 Å². The molecule has 0 bridgehead atoms. The van der Waals surface area contributed by atoms with Gasteiger partial charge in [-0.1, -0.05) is 6.07 Å². The van der Waals surface area contributed by atoms with E-state index in [9.17, 15) is 14.4 Å². The number of hydrogen-bond donors (Lipinski definition) is 2. The lowest BCUT2D eigenvalue weighted by Gasteiger charge is -2.29. The highest BCUT2D eigenvalue weighted by atomic mass is 16.6. The van der Waals surface area contributed by atoms with Gasteiger partial charge in [0.15, 0.2) is 0 Å². The first kappa shape index (κ1) is 21.5. The van der Waals surface area contributed by atoms with Crippen molar-refractivity contribution in [2.75, 3.05) is 19.5 Å². The molecule has 2 N–H and O–H groups in total. The number of likely N-dealkylation sites (N-methyl/N-ethyl adjacent to an activating group) is 1. The monoisotopic (exact) mass is 391 g/mol. The largest absolute Gasteiger partial charge is 0.497 e. The Hall–Kier alpha value is -2.77. The number of ether oxygens (including phenoxy) is 2. The van der Waals surface area contributed by atoms with Gasteiger partial charge in [0.05, 0.1) is 7.11 Å². The molecule has 2 atom stereocenters. The summed E-state index contributed by atoms with van der Waals surface area (Å²) in [7, 11) is 3.06. The molecule has 154 valence electrons. The second kappa shape index (κ2) is 8.50. The van der Waals surface area contributed by atoms with Crippen molar-refractivity contribution in [1.82, 2.24) is 10.2 Å². The van der Waals surface area contributed by atoms with Crippen molar-refractivity contribution in [2.24, 2.45) is 0 Å². The summed E-state index contributed by atoms with van der Waals surface area (Å²) in [5.41, 5.74) is 1.00. The lowest BCUT2D eigenvalue weighted by Crippen LogP contribution is -2.52. The van der Waals surface area contributed by atoms with E-state index in [0.717, 1.165) is 5.56 Å². The van der Waals surface area contributed by atoms with Gasteiger partial charge in [-0.05, 0) is 52.2 Å². The molecule has 2 rings (SSSR count). The predicted octanol–water partition coefficient (Wildman–Crippen LogP) is 2.32. The van der Waals surface area contributed by atoms with E-state index in [1.807, 2.05) is 12.1 Å². The summed E-state index contributed by atoms with van der Waals surface area (Å²) in [4.78, 5) is 38.5. The van der Waals surface area contributed by atoms with Crippen LogP contribution in [0.2, 0.25) is 0 Å². The number of carbonyl (C=O) groups is 3. The molecule has 1 heterocycles. The lowest BCUT2D eigenvalue weighted by atomic mass is 10.1. The molecule has 3 amide bonds. The van der Waals surface area contributed by atoms with E-state index in [-0.39, 0.29) is 5.91 Å². The maximum atomic E-state index is 12.6. The molecule has 0 spiro atoms. The number of amides is 3. The summed E-state index contributed by atoms with van der Waals surface area (Å²) in [5, 5.41) is 5.57. The molecule has 0 saturated carbocycles. The molecule has 8 nitrogen and oxygen atoms in total. The van der Waals surface area contributed by atoms with Crippen LogP contribution in [0.25, 0.3) is 0 Å². The highest BCUT2D eigenvalue weighted by Gasteiger charge is 2.31. The van der Waals surface area contributed by atoms with Crippen LogP contribution in [-0.2, 0) is 20.7 Å². The zero-order valence-electron chi connectivity index (χ0n) is 17.3. The highest BCUT2D eigenvalue weighted by Crippen LogP contribution is 2.26. The van der Waals surface area contributed by atoms with Crippen molar-refractivity contribution < 1.29 is 23.9 Å². The minimum absolute atomic E-state index is 0.299. The van der Waals surface area contributed by atoms with Crippen LogP contribution in [0, 0.1) is 0 Å². The molecule has 0 aromatic heterocycles.